The van der Waals surface area contributed by atoms with Crippen molar-refractivity contribution in [2.24, 2.45) is 11.8 Å². The van der Waals surface area contributed by atoms with Crippen LogP contribution in [-0.4, -0.2) is 25.8 Å². The molecule has 1 N–H and O–H groups in total. The van der Waals surface area contributed by atoms with Crippen LogP contribution in [0.2, 0.25) is 0 Å². The van der Waals surface area contributed by atoms with Crippen molar-refractivity contribution >= 4 is 0 Å². The van der Waals surface area contributed by atoms with Crippen molar-refractivity contribution in [1.29, 1.82) is 0 Å². The Morgan fingerprint density at radius 1 is 1.38 bits per heavy atom. The van der Waals surface area contributed by atoms with E-state index in [1.807, 2.05) is 0 Å². The molecule has 1 saturated heterocycles. The Morgan fingerprint density at radius 2 is 2.15 bits per heavy atom. The Hall–Kier alpha value is -0.0800. The van der Waals surface area contributed by atoms with Crippen LogP contribution in [0.4, 0.5) is 0 Å². The molecule has 0 aromatic carbocycles. The molecule has 0 spiro atoms. The van der Waals surface area contributed by atoms with Gasteiger partial charge in [-0.05, 0) is 38.1 Å². The van der Waals surface area contributed by atoms with Crippen molar-refractivity contribution in [1.82, 2.24) is 5.32 Å². The normalized spacial score (nSPS) is 25.4. The summed E-state index contributed by atoms with van der Waals surface area (Å²) in [6, 6.07) is 0.641. The summed E-state index contributed by atoms with van der Waals surface area (Å²) in [6.07, 6.45) is 2.54. The van der Waals surface area contributed by atoms with Gasteiger partial charge in [0.1, 0.15) is 0 Å². The van der Waals surface area contributed by atoms with Crippen molar-refractivity contribution in [2.45, 2.75) is 39.7 Å². The lowest BCUT2D eigenvalue weighted by Crippen LogP contribution is -2.32. The minimum Gasteiger partial charge on any atom is -0.381 e. The van der Waals surface area contributed by atoms with E-state index in [4.69, 9.17) is 4.74 Å². The van der Waals surface area contributed by atoms with Crippen molar-refractivity contribution in [3.63, 3.8) is 0 Å². The highest BCUT2D eigenvalue weighted by atomic mass is 16.5. The lowest BCUT2D eigenvalue weighted by Gasteiger charge is -2.18. The molecule has 1 aliphatic heterocycles. The van der Waals surface area contributed by atoms with E-state index in [1.54, 1.807) is 0 Å². The van der Waals surface area contributed by atoms with Crippen LogP contribution in [-0.2, 0) is 4.74 Å². The van der Waals surface area contributed by atoms with E-state index >= 15 is 0 Å². The smallest absolute Gasteiger partial charge is 0.0495 e. The fourth-order valence-electron chi connectivity index (χ4n) is 1.56. The van der Waals surface area contributed by atoms with Crippen LogP contribution in [0.15, 0.2) is 0 Å². The first kappa shape index (κ1) is 11.0. The minimum absolute atomic E-state index is 0.641. The van der Waals surface area contributed by atoms with Crippen LogP contribution in [0.1, 0.15) is 33.6 Å². The molecule has 13 heavy (non-hydrogen) atoms. The highest BCUT2D eigenvalue weighted by Crippen LogP contribution is 2.15. The zero-order chi connectivity index (χ0) is 9.68. The number of ether oxygens (including phenoxy) is 1. The van der Waals surface area contributed by atoms with E-state index < -0.39 is 0 Å². The molecule has 2 unspecified atom stereocenters. The molecule has 0 bridgehead atoms. The molecule has 1 heterocycles. The Balaban J connectivity index is 1.99. The summed E-state index contributed by atoms with van der Waals surface area (Å²) in [5, 5.41) is 3.55. The Labute approximate surface area is 82.0 Å². The van der Waals surface area contributed by atoms with E-state index in [-0.39, 0.29) is 0 Å². The maximum Gasteiger partial charge on any atom is 0.0495 e. The van der Waals surface area contributed by atoms with E-state index in [0.717, 1.165) is 31.6 Å². The van der Waals surface area contributed by atoms with Gasteiger partial charge in [-0.3, -0.25) is 0 Å². The zero-order valence-corrected chi connectivity index (χ0v) is 9.18. The van der Waals surface area contributed by atoms with Gasteiger partial charge in [-0.15, -0.1) is 0 Å². The molecule has 1 fully saturated rings. The number of hydrogen-bond acceptors (Lipinski definition) is 2. The van der Waals surface area contributed by atoms with Crippen molar-refractivity contribution in [2.75, 3.05) is 19.8 Å². The average Bonchev–Trinajstić information content (AvgIpc) is 2.56. The summed E-state index contributed by atoms with van der Waals surface area (Å²) in [4.78, 5) is 0. The van der Waals surface area contributed by atoms with Crippen LogP contribution in [0.25, 0.3) is 0 Å². The Kier molecular flexibility index (Phi) is 4.74. The third kappa shape index (κ3) is 4.10. The summed E-state index contributed by atoms with van der Waals surface area (Å²) in [5.74, 6) is 1.55. The van der Waals surface area contributed by atoms with Gasteiger partial charge in [0.25, 0.3) is 0 Å². The summed E-state index contributed by atoms with van der Waals surface area (Å²) >= 11 is 0. The molecule has 0 aliphatic carbocycles. The first-order valence-electron chi connectivity index (χ1n) is 5.51. The molecule has 1 aliphatic rings. The maximum absolute atomic E-state index is 5.33. The molecule has 0 saturated carbocycles. The second-order valence-electron chi connectivity index (χ2n) is 4.51. The van der Waals surface area contributed by atoms with E-state index in [2.05, 4.69) is 26.1 Å². The van der Waals surface area contributed by atoms with Gasteiger partial charge in [0.05, 0.1) is 0 Å². The zero-order valence-electron chi connectivity index (χ0n) is 9.18. The van der Waals surface area contributed by atoms with E-state index in [0.29, 0.717) is 6.04 Å². The second kappa shape index (κ2) is 5.61. The predicted molar refractivity (Wildman–Crippen MR) is 55.8 cm³/mol. The quantitative estimate of drug-likeness (QED) is 0.708. The largest absolute Gasteiger partial charge is 0.381 e. The number of nitrogens with one attached hydrogen (secondary N) is 1. The van der Waals surface area contributed by atoms with Crippen LogP contribution in [0.5, 0.6) is 0 Å². The van der Waals surface area contributed by atoms with Crippen molar-refractivity contribution in [3.8, 4) is 0 Å². The Morgan fingerprint density at radius 3 is 2.69 bits per heavy atom. The molecule has 0 radical (unpaired) electrons. The minimum atomic E-state index is 0.641. The first-order valence-corrected chi connectivity index (χ1v) is 5.51. The summed E-state index contributed by atoms with van der Waals surface area (Å²) in [6.45, 7) is 9.89. The molecular formula is C11H23NO. The van der Waals surface area contributed by atoms with Crippen LogP contribution in [0, 0.1) is 11.8 Å². The molecule has 2 nitrogen and oxygen atoms in total. The van der Waals surface area contributed by atoms with Gasteiger partial charge < -0.3 is 10.1 Å². The van der Waals surface area contributed by atoms with Crippen molar-refractivity contribution in [3.05, 3.63) is 0 Å². The van der Waals surface area contributed by atoms with E-state index in [9.17, 15) is 0 Å². The van der Waals surface area contributed by atoms with Gasteiger partial charge >= 0.3 is 0 Å². The molecule has 0 aromatic rings. The van der Waals surface area contributed by atoms with Gasteiger partial charge in [-0.2, -0.15) is 0 Å². The molecule has 2 heteroatoms. The topological polar surface area (TPSA) is 21.3 Å². The SMILES string of the molecule is CC(C)C(C)NCCC1CCOC1. The van der Waals surface area contributed by atoms with Crippen molar-refractivity contribution < 1.29 is 4.74 Å². The summed E-state index contributed by atoms with van der Waals surface area (Å²) in [7, 11) is 0. The van der Waals surface area contributed by atoms with Gasteiger partial charge in [0, 0.05) is 19.3 Å². The fourth-order valence-corrected chi connectivity index (χ4v) is 1.56. The maximum atomic E-state index is 5.33. The monoisotopic (exact) mass is 185 g/mol. The Bertz CT molecular complexity index is 128. The number of rotatable bonds is 5. The molecule has 0 amide bonds. The third-order valence-electron chi connectivity index (χ3n) is 3.04. The molecular weight excluding hydrogens is 162 g/mol. The van der Waals surface area contributed by atoms with Crippen LogP contribution < -0.4 is 5.32 Å². The second-order valence-corrected chi connectivity index (χ2v) is 4.51. The molecule has 0 aromatic heterocycles. The average molecular weight is 185 g/mol. The lowest BCUT2D eigenvalue weighted by atomic mass is 10.0. The van der Waals surface area contributed by atoms with Gasteiger partial charge in [0.2, 0.25) is 0 Å². The summed E-state index contributed by atoms with van der Waals surface area (Å²) < 4.78 is 5.33. The predicted octanol–water partition coefficient (Wildman–Crippen LogP) is 2.05. The van der Waals surface area contributed by atoms with E-state index in [1.165, 1.54) is 12.8 Å². The van der Waals surface area contributed by atoms with Crippen LogP contribution in [0.3, 0.4) is 0 Å². The molecule has 1 rings (SSSR count). The molecule has 2 atom stereocenters. The van der Waals surface area contributed by atoms with Gasteiger partial charge in [-0.25, -0.2) is 0 Å². The highest BCUT2D eigenvalue weighted by molar-refractivity contribution is 4.68. The number of hydrogen-bond donors (Lipinski definition) is 1. The molecule has 78 valence electrons. The fraction of sp³-hybridized carbons (Fsp3) is 1.00. The highest BCUT2D eigenvalue weighted by Gasteiger charge is 2.15. The third-order valence-corrected chi connectivity index (χ3v) is 3.04. The summed E-state index contributed by atoms with van der Waals surface area (Å²) in [5.41, 5.74) is 0. The first-order chi connectivity index (χ1) is 6.20. The van der Waals surface area contributed by atoms with Gasteiger partial charge in [0.15, 0.2) is 0 Å². The van der Waals surface area contributed by atoms with Gasteiger partial charge in [-0.1, -0.05) is 13.8 Å². The standard InChI is InChI=1S/C11H23NO/c1-9(2)10(3)12-6-4-11-5-7-13-8-11/h9-12H,4-8H2,1-3H3. The lowest BCUT2D eigenvalue weighted by molar-refractivity contribution is 0.183. The van der Waals surface area contributed by atoms with Crippen LogP contribution >= 0.6 is 0 Å².